The van der Waals surface area contributed by atoms with Gasteiger partial charge in [0.05, 0.1) is 17.4 Å². The van der Waals surface area contributed by atoms with Crippen LogP contribution in [0.5, 0.6) is 0 Å². The standard InChI is InChI=1S/C14H14F3NO2/c1-9(19)6-11-8-20-13(18-11)7-10-4-2-3-5-12(10)14(15,16)17/h2-5,8-9,19H,6-7H2,1H3. The van der Waals surface area contributed by atoms with Crippen molar-refractivity contribution in [2.24, 2.45) is 0 Å². The molecule has 1 unspecified atom stereocenters. The molecule has 1 aromatic carbocycles. The first-order valence-electron chi connectivity index (χ1n) is 6.12. The number of rotatable bonds is 4. The molecule has 0 saturated heterocycles. The van der Waals surface area contributed by atoms with Gasteiger partial charge in [-0.3, -0.25) is 0 Å². The van der Waals surface area contributed by atoms with E-state index in [0.29, 0.717) is 12.1 Å². The zero-order valence-corrected chi connectivity index (χ0v) is 10.8. The molecule has 2 aromatic rings. The number of benzene rings is 1. The monoisotopic (exact) mass is 285 g/mol. The van der Waals surface area contributed by atoms with Crippen molar-refractivity contribution < 1.29 is 22.7 Å². The zero-order chi connectivity index (χ0) is 14.8. The van der Waals surface area contributed by atoms with Gasteiger partial charge < -0.3 is 9.52 Å². The fourth-order valence-corrected chi connectivity index (χ4v) is 1.94. The SMILES string of the molecule is CC(O)Cc1coc(Cc2ccccc2C(F)(F)F)n1. The lowest BCUT2D eigenvalue weighted by atomic mass is 10.0. The van der Waals surface area contributed by atoms with Crippen molar-refractivity contribution in [3.05, 3.63) is 53.2 Å². The molecule has 1 N–H and O–H groups in total. The van der Waals surface area contributed by atoms with Gasteiger partial charge in [0.1, 0.15) is 6.26 Å². The highest BCUT2D eigenvalue weighted by molar-refractivity contribution is 5.31. The molecule has 3 nitrogen and oxygen atoms in total. The maximum atomic E-state index is 12.8. The van der Waals surface area contributed by atoms with Gasteiger partial charge in [-0.15, -0.1) is 0 Å². The van der Waals surface area contributed by atoms with Gasteiger partial charge in [0, 0.05) is 12.8 Å². The molecule has 1 aromatic heterocycles. The van der Waals surface area contributed by atoms with Gasteiger partial charge in [0.25, 0.3) is 0 Å². The van der Waals surface area contributed by atoms with Gasteiger partial charge in [0.15, 0.2) is 5.89 Å². The lowest BCUT2D eigenvalue weighted by molar-refractivity contribution is -0.138. The second-order valence-electron chi connectivity index (χ2n) is 4.62. The lowest BCUT2D eigenvalue weighted by Crippen LogP contribution is -2.09. The van der Waals surface area contributed by atoms with Crippen molar-refractivity contribution in [3.63, 3.8) is 0 Å². The minimum atomic E-state index is -4.40. The van der Waals surface area contributed by atoms with Crippen LogP contribution in [0, 0.1) is 0 Å². The molecule has 108 valence electrons. The van der Waals surface area contributed by atoms with E-state index in [0.717, 1.165) is 6.07 Å². The summed E-state index contributed by atoms with van der Waals surface area (Å²) in [6.07, 6.45) is -3.33. The summed E-state index contributed by atoms with van der Waals surface area (Å²) in [4.78, 5) is 4.07. The molecule has 0 bridgehead atoms. The first-order valence-corrected chi connectivity index (χ1v) is 6.12. The van der Waals surface area contributed by atoms with E-state index in [4.69, 9.17) is 4.42 Å². The van der Waals surface area contributed by atoms with Crippen LogP contribution in [0.15, 0.2) is 34.9 Å². The molecule has 0 saturated carbocycles. The van der Waals surface area contributed by atoms with Crippen molar-refractivity contribution in [1.29, 1.82) is 0 Å². The second kappa shape index (κ2) is 5.66. The molecule has 6 heteroatoms. The predicted octanol–water partition coefficient (Wildman–Crippen LogP) is 3.21. The van der Waals surface area contributed by atoms with Crippen LogP contribution < -0.4 is 0 Å². The third kappa shape index (κ3) is 3.60. The van der Waals surface area contributed by atoms with Gasteiger partial charge in [-0.25, -0.2) is 4.98 Å². The first kappa shape index (κ1) is 14.6. The van der Waals surface area contributed by atoms with E-state index in [1.165, 1.54) is 18.4 Å². The largest absolute Gasteiger partial charge is 0.448 e. The Hall–Kier alpha value is -1.82. The number of aliphatic hydroxyl groups excluding tert-OH is 1. The summed E-state index contributed by atoms with van der Waals surface area (Å²) in [5.74, 6) is 0.206. The Bertz CT molecular complexity index is 576. The summed E-state index contributed by atoms with van der Waals surface area (Å²) in [6.45, 7) is 1.60. The van der Waals surface area contributed by atoms with E-state index in [2.05, 4.69) is 4.98 Å². The van der Waals surface area contributed by atoms with Crippen molar-refractivity contribution in [2.75, 3.05) is 0 Å². The van der Waals surface area contributed by atoms with Crippen LogP contribution in [0.25, 0.3) is 0 Å². The molecule has 0 spiro atoms. The normalized spacial score (nSPS) is 13.4. The number of aromatic nitrogens is 1. The van der Waals surface area contributed by atoms with Crippen molar-refractivity contribution >= 4 is 0 Å². The maximum Gasteiger partial charge on any atom is 0.416 e. The van der Waals surface area contributed by atoms with Crippen LogP contribution in [0.1, 0.15) is 29.6 Å². The van der Waals surface area contributed by atoms with Crippen molar-refractivity contribution in [2.45, 2.75) is 32.0 Å². The van der Waals surface area contributed by atoms with E-state index >= 15 is 0 Å². The Labute approximate surface area is 114 Å². The zero-order valence-electron chi connectivity index (χ0n) is 10.8. The fraction of sp³-hybridized carbons (Fsp3) is 0.357. The fourth-order valence-electron chi connectivity index (χ4n) is 1.94. The molecule has 0 amide bonds. The summed E-state index contributed by atoms with van der Waals surface area (Å²) in [5, 5.41) is 9.23. The molecule has 0 aliphatic heterocycles. The van der Waals surface area contributed by atoms with Crippen molar-refractivity contribution in [1.82, 2.24) is 4.98 Å². The molecule has 20 heavy (non-hydrogen) atoms. The predicted molar refractivity (Wildman–Crippen MR) is 66.1 cm³/mol. The van der Waals surface area contributed by atoms with E-state index in [1.807, 2.05) is 0 Å². The van der Waals surface area contributed by atoms with E-state index in [1.54, 1.807) is 13.0 Å². The quantitative estimate of drug-likeness (QED) is 0.938. The number of hydrogen-bond acceptors (Lipinski definition) is 3. The Kier molecular flexibility index (Phi) is 4.13. The first-order chi connectivity index (χ1) is 9.36. The second-order valence-corrected chi connectivity index (χ2v) is 4.62. The van der Waals surface area contributed by atoms with Crippen LogP contribution in [0.2, 0.25) is 0 Å². The highest BCUT2D eigenvalue weighted by Gasteiger charge is 2.33. The Morgan fingerprint density at radius 3 is 2.65 bits per heavy atom. The molecule has 2 rings (SSSR count). The summed E-state index contributed by atoms with van der Waals surface area (Å²) >= 11 is 0. The topological polar surface area (TPSA) is 46.3 Å². The Morgan fingerprint density at radius 1 is 1.30 bits per heavy atom. The van der Waals surface area contributed by atoms with Gasteiger partial charge in [-0.05, 0) is 18.6 Å². The maximum absolute atomic E-state index is 12.8. The number of oxazole rings is 1. The summed E-state index contributed by atoms with van der Waals surface area (Å²) in [5.41, 5.74) is -0.0415. The minimum Gasteiger partial charge on any atom is -0.448 e. The van der Waals surface area contributed by atoms with Gasteiger partial charge in [-0.2, -0.15) is 13.2 Å². The average Bonchev–Trinajstić information content (AvgIpc) is 2.75. The van der Waals surface area contributed by atoms with Crippen molar-refractivity contribution in [3.8, 4) is 0 Å². The number of hydrogen-bond donors (Lipinski definition) is 1. The smallest absolute Gasteiger partial charge is 0.416 e. The third-order valence-electron chi connectivity index (χ3n) is 2.77. The molecule has 1 atom stereocenters. The van der Waals surface area contributed by atoms with Gasteiger partial charge in [0.2, 0.25) is 0 Å². The highest BCUT2D eigenvalue weighted by atomic mass is 19.4. The minimum absolute atomic E-state index is 0.0322. The van der Waals surface area contributed by atoms with Crippen LogP contribution in [0.4, 0.5) is 13.2 Å². The summed E-state index contributed by atoms with van der Waals surface area (Å²) in [7, 11) is 0. The molecule has 1 heterocycles. The van der Waals surface area contributed by atoms with E-state index in [9.17, 15) is 18.3 Å². The van der Waals surface area contributed by atoms with Crippen LogP contribution in [-0.4, -0.2) is 16.2 Å². The number of nitrogens with zero attached hydrogens (tertiary/aromatic N) is 1. The molecular weight excluding hydrogens is 271 g/mol. The van der Waals surface area contributed by atoms with E-state index in [-0.39, 0.29) is 17.9 Å². The molecule has 0 radical (unpaired) electrons. The highest BCUT2D eigenvalue weighted by Crippen LogP contribution is 2.32. The van der Waals surface area contributed by atoms with E-state index < -0.39 is 17.8 Å². The van der Waals surface area contributed by atoms with Gasteiger partial charge in [-0.1, -0.05) is 18.2 Å². The molecule has 0 fully saturated rings. The molecular formula is C14H14F3NO2. The third-order valence-corrected chi connectivity index (χ3v) is 2.77. The number of alkyl halides is 3. The summed E-state index contributed by atoms with van der Waals surface area (Å²) < 4.78 is 43.7. The molecule has 0 aliphatic carbocycles. The number of aliphatic hydroxyl groups is 1. The Balaban J connectivity index is 2.20. The lowest BCUT2D eigenvalue weighted by Gasteiger charge is -2.11. The Morgan fingerprint density at radius 2 is 2.00 bits per heavy atom. The van der Waals surface area contributed by atoms with Crippen LogP contribution >= 0.6 is 0 Å². The number of halogens is 3. The van der Waals surface area contributed by atoms with Gasteiger partial charge >= 0.3 is 6.18 Å². The molecule has 0 aliphatic rings. The van der Waals surface area contributed by atoms with Crippen LogP contribution in [-0.2, 0) is 19.0 Å². The van der Waals surface area contributed by atoms with Crippen LogP contribution in [0.3, 0.4) is 0 Å². The summed E-state index contributed by atoms with van der Waals surface area (Å²) in [6, 6.07) is 5.33. The average molecular weight is 285 g/mol.